The average molecular weight is 351 g/mol. The predicted molar refractivity (Wildman–Crippen MR) is 100.0 cm³/mol. The van der Waals surface area contributed by atoms with Crippen molar-refractivity contribution in [3.8, 4) is 11.1 Å². The lowest BCUT2D eigenvalue weighted by Gasteiger charge is -2.18. The number of nitrogens with one attached hydrogen (secondary N) is 2. The maximum Gasteiger partial charge on any atom is 0.189 e. The molecule has 0 aliphatic heterocycles. The number of aromatic nitrogens is 4. The van der Waals surface area contributed by atoms with Gasteiger partial charge in [-0.1, -0.05) is 17.4 Å². The first-order valence-corrected chi connectivity index (χ1v) is 8.66. The molecule has 0 atom stereocenters. The van der Waals surface area contributed by atoms with Crippen molar-refractivity contribution in [2.24, 2.45) is 0 Å². The van der Waals surface area contributed by atoms with Crippen molar-refractivity contribution in [2.45, 2.75) is 19.4 Å². The number of rotatable bonds is 4. The molecule has 0 aliphatic rings. The molecule has 0 radical (unpaired) electrons. The Bertz CT molecular complexity index is 1020. The lowest BCUT2D eigenvalue weighted by Crippen LogP contribution is -2.15. The molecule has 0 saturated heterocycles. The van der Waals surface area contributed by atoms with Crippen LogP contribution >= 0.6 is 11.3 Å². The van der Waals surface area contributed by atoms with Crippen molar-refractivity contribution in [1.82, 2.24) is 20.2 Å². The molecule has 4 aromatic rings. The minimum absolute atomic E-state index is 0.661. The summed E-state index contributed by atoms with van der Waals surface area (Å²) in [6, 6.07) is 9.78. The van der Waals surface area contributed by atoms with Crippen molar-refractivity contribution < 1.29 is 5.11 Å². The number of anilines is 2. The topological polar surface area (TPSA) is 86.7 Å². The van der Waals surface area contributed by atoms with Crippen LogP contribution in [0.4, 0.5) is 10.9 Å². The Kier molecular flexibility index (Phi) is 3.74. The normalized spacial score (nSPS) is 11.8. The van der Waals surface area contributed by atoms with E-state index in [0.29, 0.717) is 5.82 Å². The molecule has 1 aromatic carbocycles. The van der Waals surface area contributed by atoms with E-state index in [2.05, 4.69) is 31.5 Å². The van der Waals surface area contributed by atoms with Gasteiger partial charge in [0.05, 0.1) is 22.0 Å². The van der Waals surface area contributed by atoms with Gasteiger partial charge in [-0.3, -0.25) is 5.10 Å². The molecule has 0 spiro atoms. The van der Waals surface area contributed by atoms with Gasteiger partial charge in [-0.05, 0) is 49.2 Å². The highest BCUT2D eigenvalue weighted by molar-refractivity contribution is 7.22. The van der Waals surface area contributed by atoms with E-state index in [1.54, 1.807) is 43.6 Å². The second-order valence-corrected chi connectivity index (χ2v) is 7.33. The van der Waals surface area contributed by atoms with Crippen LogP contribution in [-0.4, -0.2) is 25.3 Å². The second-order valence-electron chi connectivity index (χ2n) is 6.30. The molecule has 3 N–H and O–H groups in total. The number of pyridine rings is 1. The van der Waals surface area contributed by atoms with Gasteiger partial charge in [0, 0.05) is 18.0 Å². The molecule has 4 rings (SSSR count). The number of thiazole rings is 1. The Balaban J connectivity index is 1.64. The summed E-state index contributed by atoms with van der Waals surface area (Å²) in [5, 5.41) is 20.9. The van der Waals surface area contributed by atoms with Crippen LogP contribution in [0.1, 0.15) is 19.4 Å². The summed E-state index contributed by atoms with van der Waals surface area (Å²) in [5.41, 5.74) is 2.96. The van der Waals surface area contributed by atoms with E-state index in [9.17, 15) is 5.11 Å². The molecule has 6 nitrogen and oxygen atoms in total. The third kappa shape index (κ3) is 3.24. The maximum atomic E-state index is 10.1. The summed E-state index contributed by atoms with van der Waals surface area (Å²) in [4.78, 5) is 8.91. The van der Waals surface area contributed by atoms with E-state index >= 15 is 0 Å². The summed E-state index contributed by atoms with van der Waals surface area (Å²) < 4.78 is 1.08. The lowest BCUT2D eigenvalue weighted by molar-refractivity contribution is 0.0786. The van der Waals surface area contributed by atoms with Gasteiger partial charge >= 0.3 is 0 Å². The van der Waals surface area contributed by atoms with Gasteiger partial charge in [0.15, 0.2) is 5.13 Å². The van der Waals surface area contributed by atoms with E-state index in [-0.39, 0.29) is 0 Å². The number of benzene rings is 1. The molecule has 0 bridgehead atoms. The van der Waals surface area contributed by atoms with Gasteiger partial charge in [0.1, 0.15) is 5.82 Å². The number of hydrogen-bond acceptors (Lipinski definition) is 6. The SMILES string of the molecule is CC(C)(O)c1ccnc(Nc2nc3ccc(-c4cn[nH]c4)cc3s2)c1. The number of H-pyrrole nitrogens is 1. The van der Waals surface area contributed by atoms with Crippen molar-refractivity contribution in [3.05, 3.63) is 54.5 Å². The zero-order chi connectivity index (χ0) is 17.4. The van der Waals surface area contributed by atoms with E-state index < -0.39 is 5.60 Å². The first-order chi connectivity index (χ1) is 12.0. The number of nitrogens with zero attached hydrogens (tertiary/aromatic N) is 3. The molecular formula is C18H17N5OS. The third-order valence-electron chi connectivity index (χ3n) is 3.92. The van der Waals surface area contributed by atoms with Crippen LogP contribution in [0.2, 0.25) is 0 Å². The van der Waals surface area contributed by atoms with Gasteiger partial charge in [0.25, 0.3) is 0 Å². The number of aromatic amines is 1. The molecule has 0 fully saturated rings. The third-order valence-corrected chi connectivity index (χ3v) is 4.85. The van der Waals surface area contributed by atoms with Gasteiger partial charge in [-0.15, -0.1) is 0 Å². The molecular weight excluding hydrogens is 334 g/mol. The molecule has 0 unspecified atom stereocenters. The molecule has 25 heavy (non-hydrogen) atoms. The van der Waals surface area contributed by atoms with Crippen LogP contribution < -0.4 is 5.32 Å². The quantitative estimate of drug-likeness (QED) is 0.516. The second kappa shape index (κ2) is 5.94. The van der Waals surface area contributed by atoms with E-state index in [1.807, 2.05) is 24.4 Å². The molecule has 0 saturated carbocycles. The monoisotopic (exact) mass is 351 g/mol. The molecule has 3 aromatic heterocycles. The highest BCUT2D eigenvalue weighted by Gasteiger charge is 2.16. The molecule has 0 amide bonds. The van der Waals surface area contributed by atoms with Crippen molar-refractivity contribution >= 4 is 32.5 Å². The van der Waals surface area contributed by atoms with Crippen molar-refractivity contribution in [2.75, 3.05) is 5.32 Å². The fourth-order valence-electron chi connectivity index (χ4n) is 2.56. The van der Waals surface area contributed by atoms with E-state index in [4.69, 9.17) is 0 Å². The highest BCUT2D eigenvalue weighted by Crippen LogP contribution is 2.32. The average Bonchev–Trinajstić information content (AvgIpc) is 3.22. The van der Waals surface area contributed by atoms with Gasteiger partial charge in [-0.25, -0.2) is 9.97 Å². The fourth-order valence-corrected chi connectivity index (χ4v) is 3.47. The van der Waals surface area contributed by atoms with Crippen LogP contribution in [0.25, 0.3) is 21.3 Å². The van der Waals surface area contributed by atoms with Crippen molar-refractivity contribution in [3.63, 3.8) is 0 Å². The summed E-state index contributed by atoms with van der Waals surface area (Å²) >= 11 is 1.56. The number of hydrogen-bond donors (Lipinski definition) is 3. The van der Waals surface area contributed by atoms with Crippen LogP contribution in [0.5, 0.6) is 0 Å². The number of aliphatic hydroxyl groups is 1. The van der Waals surface area contributed by atoms with E-state index in [0.717, 1.165) is 32.0 Å². The van der Waals surface area contributed by atoms with Crippen molar-refractivity contribution in [1.29, 1.82) is 0 Å². The van der Waals surface area contributed by atoms with Gasteiger partial charge in [0.2, 0.25) is 0 Å². The van der Waals surface area contributed by atoms with Crippen LogP contribution in [0.3, 0.4) is 0 Å². The predicted octanol–water partition coefficient (Wildman–Crippen LogP) is 4.05. The minimum atomic E-state index is -0.910. The standard InChI is InChI=1S/C18H17N5OS/c1-18(2,24)13-5-6-19-16(8-13)23-17-22-14-4-3-11(7-15(14)25-17)12-9-20-21-10-12/h3-10,24H,1-2H3,(H,20,21)(H,19,22,23). The summed E-state index contributed by atoms with van der Waals surface area (Å²) in [7, 11) is 0. The smallest absolute Gasteiger partial charge is 0.189 e. The van der Waals surface area contributed by atoms with Gasteiger partial charge in [-0.2, -0.15) is 5.10 Å². The van der Waals surface area contributed by atoms with Crippen LogP contribution in [0.15, 0.2) is 48.9 Å². The summed E-state index contributed by atoms with van der Waals surface area (Å²) in [5.74, 6) is 0.661. The largest absolute Gasteiger partial charge is 0.386 e. The Hall–Kier alpha value is -2.77. The van der Waals surface area contributed by atoms with Crippen LogP contribution in [0, 0.1) is 0 Å². The first-order valence-electron chi connectivity index (χ1n) is 7.85. The molecule has 7 heteroatoms. The minimum Gasteiger partial charge on any atom is -0.386 e. The lowest BCUT2D eigenvalue weighted by atomic mass is 10.00. The van der Waals surface area contributed by atoms with E-state index in [1.165, 1.54) is 0 Å². The Morgan fingerprint density at radius 3 is 2.80 bits per heavy atom. The zero-order valence-electron chi connectivity index (χ0n) is 13.8. The summed E-state index contributed by atoms with van der Waals surface area (Å²) in [6.45, 7) is 3.50. The van der Waals surface area contributed by atoms with Gasteiger partial charge < -0.3 is 10.4 Å². The maximum absolute atomic E-state index is 10.1. The zero-order valence-corrected chi connectivity index (χ0v) is 14.6. The summed E-state index contributed by atoms with van der Waals surface area (Å²) in [6.07, 6.45) is 5.35. The molecule has 126 valence electrons. The Morgan fingerprint density at radius 2 is 2.04 bits per heavy atom. The molecule has 3 heterocycles. The Labute approximate surface area is 148 Å². The Morgan fingerprint density at radius 1 is 1.16 bits per heavy atom. The highest BCUT2D eigenvalue weighted by atomic mass is 32.1. The number of fused-ring (bicyclic) bond motifs is 1. The first kappa shape index (κ1) is 15.7. The fraction of sp³-hybridized carbons (Fsp3) is 0.167. The molecule has 0 aliphatic carbocycles. The van der Waals surface area contributed by atoms with Crippen LogP contribution in [-0.2, 0) is 5.60 Å².